The van der Waals surface area contributed by atoms with Crippen LogP contribution in [0.15, 0.2) is 48.4 Å². The van der Waals surface area contributed by atoms with E-state index in [1.165, 1.54) is 11.3 Å². The number of amides is 2. The fourth-order valence-electron chi connectivity index (χ4n) is 3.54. The Labute approximate surface area is 183 Å². The van der Waals surface area contributed by atoms with Crippen LogP contribution in [-0.2, 0) is 4.79 Å². The van der Waals surface area contributed by atoms with Gasteiger partial charge in [-0.2, -0.15) is 0 Å². The first kappa shape index (κ1) is 20.8. The van der Waals surface area contributed by atoms with E-state index in [0.29, 0.717) is 23.5 Å². The molecular weight excluding hydrogens is 412 g/mol. The predicted molar refractivity (Wildman–Crippen MR) is 120 cm³/mol. The van der Waals surface area contributed by atoms with Crippen LogP contribution in [0.2, 0.25) is 0 Å². The summed E-state index contributed by atoms with van der Waals surface area (Å²) in [5.41, 5.74) is 9.85. The molecule has 0 radical (unpaired) electrons. The summed E-state index contributed by atoms with van der Waals surface area (Å²) in [6.45, 7) is 0. The number of imidazole rings is 1. The zero-order valence-corrected chi connectivity index (χ0v) is 17.7. The SMILES string of the molecule is NC(=O)CCCCC[C@H](NC(=O)c1cncs1)c1ncc(-c2ccc3[nH]ccc3c2)[nH]1. The summed E-state index contributed by atoms with van der Waals surface area (Å²) >= 11 is 1.30. The van der Waals surface area contributed by atoms with Crippen LogP contribution in [0, 0.1) is 0 Å². The number of aromatic amines is 2. The summed E-state index contributed by atoms with van der Waals surface area (Å²) in [5.74, 6) is 0.248. The average molecular weight is 437 g/mol. The predicted octanol–water partition coefficient (Wildman–Crippen LogP) is 3.92. The monoisotopic (exact) mass is 436 g/mol. The van der Waals surface area contributed by atoms with Gasteiger partial charge in [0.25, 0.3) is 5.91 Å². The highest BCUT2D eigenvalue weighted by Crippen LogP contribution is 2.25. The molecule has 31 heavy (non-hydrogen) atoms. The Morgan fingerprint density at radius 3 is 2.87 bits per heavy atom. The number of nitrogens with two attached hydrogens (primary N) is 1. The third-order valence-electron chi connectivity index (χ3n) is 5.17. The molecule has 3 heterocycles. The minimum atomic E-state index is -0.287. The Morgan fingerprint density at radius 2 is 2.06 bits per heavy atom. The van der Waals surface area contributed by atoms with Crippen LogP contribution < -0.4 is 11.1 Å². The van der Waals surface area contributed by atoms with E-state index in [1.54, 1.807) is 17.9 Å². The first-order chi connectivity index (χ1) is 15.1. The van der Waals surface area contributed by atoms with Crippen molar-refractivity contribution < 1.29 is 9.59 Å². The molecule has 0 fully saturated rings. The lowest BCUT2D eigenvalue weighted by Gasteiger charge is -2.16. The number of rotatable bonds is 10. The lowest BCUT2D eigenvalue weighted by molar-refractivity contribution is -0.118. The van der Waals surface area contributed by atoms with E-state index in [1.807, 2.05) is 24.4 Å². The first-order valence-electron chi connectivity index (χ1n) is 10.2. The molecule has 3 aromatic heterocycles. The van der Waals surface area contributed by atoms with Crippen molar-refractivity contribution in [3.8, 4) is 11.3 Å². The number of benzene rings is 1. The van der Waals surface area contributed by atoms with Crippen LogP contribution in [-0.4, -0.2) is 31.8 Å². The zero-order valence-electron chi connectivity index (χ0n) is 16.9. The van der Waals surface area contributed by atoms with Crippen LogP contribution in [0.1, 0.15) is 53.6 Å². The maximum Gasteiger partial charge on any atom is 0.263 e. The quantitative estimate of drug-likeness (QED) is 0.281. The molecule has 0 unspecified atom stereocenters. The van der Waals surface area contributed by atoms with Gasteiger partial charge in [-0.1, -0.05) is 18.9 Å². The Hall–Kier alpha value is -3.46. The number of unbranched alkanes of at least 4 members (excludes halogenated alkanes) is 2. The van der Waals surface area contributed by atoms with Crippen molar-refractivity contribution in [1.29, 1.82) is 0 Å². The van der Waals surface area contributed by atoms with Gasteiger partial charge in [0.1, 0.15) is 10.7 Å². The third-order valence-corrected chi connectivity index (χ3v) is 5.94. The molecular formula is C22H24N6O2S. The molecule has 1 atom stereocenters. The summed E-state index contributed by atoms with van der Waals surface area (Å²) in [7, 11) is 0. The van der Waals surface area contributed by atoms with Crippen LogP contribution >= 0.6 is 11.3 Å². The summed E-state index contributed by atoms with van der Waals surface area (Å²) in [6, 6.07) is 7.92. The second-order valence-electron chi connectivity index (χ2n) is 7.42. The number of fused-ring (bicyclic) bond motifs is 1. The van der Waals surface area contributed by atoms with E-state index >= 15 is 0 Å². The van der Waals surface area contributed by atoms with Crippen molar-refractivity contribution >= 4 is 34.1 Å². The Kier molecular flexibility index (Phi) is 6.42. The number of hydrogen-bond acceptors (Lipinski definition) is 5. The molecule has 0 saturated carbocycles. The lowest BCUT2D eigenvalue weighted by Crippen LogP contribution is -2.28. The van der Waals surface area contributed by atoms with E-state index in [-0.39, 0.29) is 17.9 Å². The van der Waals surface area contributed by atoms with Gasteiger partial charge in [0.15, 0.2) is 0 Å². The van der Waals surface area contributed by atoms with E-state index in [2.05, 4.69) is 31.3 Å². The van der Waals surface area contributed by atoms with Gasteiger partial charge in [0.05, 0.1) is 29.6 Å². The smallest absolute Gasteiger partial charge is 0.263 e. The molecule has 0 aliphatic rings. The largest absolute Gasteiger partial charge is 0.370 e. The van der Waals surface area contributed by atoms with E-state index in [4.69, 9.17) is 5.73 Å². The van der Waals surface area contributed by atoms with Gasteiger partial charge in [0, 0.05) is 29.1 Å². The van der Waals surface area contributed by atoms with Crippen molar-refractivity contribution in [3.05, 3.63) is 59.1 Å². The number of primary amides is 1. The van der Waals surface area contributed by atoms with E-state index in [0.717, 1.165) is 41.4 Å². The zero-order chi connectivity index (χ0) is 21.6. The second-order valence-corrected chi connectivity index (χ2v) is 8.31. The van der Waals surface area contributed by atoms with Gasteiger partial charge in [-0.05, 0) is 31.0 Å². The molecule has 0 aliphatic heterocycles. The minimum Gasteiger partial charge on any atom is -0.370 e. The van der Waals surface area contributed by atoms with E-state index in [9.17, 15) is 9.59 Å². The van der Waals surface area contributed by atoms with Crippen molar-refractivity contribution in [1.82, 2.24) is 25.3 Å². The number of carbonyl (C=O) groups excluding carboxylic acids is 2. The molecule has 8 nitrogen and oxygen atoms in total. The van der Waals surface area contributed by atoms with Crippen LogP contribution in [0.3, 0.4) is 0 Å². The molecule has 0 saturated heterocycles. The third kappa shape index (κ3) is 5.18. The standard InChI is InChI=1S/C22H24N6O2S/c23-20(29)5-3-1-2-4-17(28-22(30)19-12-24-13-31-19)21-26-11-18(27-21)14-6-7-16-15(10-14)8-9-25-16/h6-13,17,25H,1-5H2,(H2,23,29)(H,26,27)(H,28,30)/t17-/m0/s1. The number of nitrogens with one attached hydrogen (secondary N) is 3. The summed E-state index contributed by atoms with van der Waals surface area (Å²) in [4.78, 5) is 39.2. The summed E-state index contributed by atoms with van der Waals surface area (Å²) in [6.07, 6.45) is 8.78. The topological polar surface area (TPSA) is 130 Å². The van der Waals surface area contributed by atoms with Crippen molar-refractivity contribution in [2.45, 2.75) is 38.1 Å². The van der Waals surface area contributed by atoms with Gasteiger partial charge >= 0.3 is 0 Å². The highest BCUT2D eigenvalue weighted by Gasteiger charge is 2.20. The van der Waals surface area contributed by atoms with Gasteiger partial charge < -0.3 is 21.0 Å². The summed E-state index contributed by atoms with van der Waals surface area (Å²) in [5, 5.41) is 4.19. The van der Waals surface area contributed by atoms with E-state index < -0.39 is 0 Å². The maximum atomic E-state index is 12.6. The highest BCUT2D eigenvalue weighted by atomic mass is 32.1. The Morgan fingerprint density at radius 1 is 1.16 bits per heavy atom. The van der Waals surface area contributed by atoms with Crippen molar-refractivity contribution in [2.75, 3.05) is 0 Å². The van der Waals surface area contributed by atoms with Crippen LogP contribution in [0.4, 0.5) is 0 Å². The number of H-pyrrole nitrogens is 2. The minimum absolute atomic E-state index is 0.170. The number of carbonyl (C=O) groups is 2. The molecule has 2 amide bonds. The summed E-state index contributed by atoms with van der Waals surface area (Å²) < 4.78 is 0. The van der Waals surface area contributed by atoms with Gasteiger partial charge in [0.2, 0.25) is 5.91 Å². The number of nitrogens with zero attached hydrogens (tertiary/aromatic N) is 2. The Bertz CT molecular complexity index is 1160. The number of aromatic nitrogens is 4. The molecule has 160 valence electrons. The van der Waals surface area contributed by atoms with Gasteiger partial charge in [-0.3, -0.25) is 14.6 Å². The molecule has 0 spiro atoms. The molecule has 0 aliphatic carbocycles. The maximum absolute atomic E-state index is 12.6. The molecule has 0 bridgehead atoms. The molecule has 9 heteroatoms. The molecule has 4 aromatic rings. The van der Waals surface area contributed by atoms with Crippen LogP contribution in [0.5, 0.6) is 0 Å². The fourth-order valence-corrected chi connectivity index (χ4v) is 4.06. The van der Waals surface area contributed by atoms with Crippen molar-refractivity contribution in [2.24, 2.45) is 5.73 Å². The fraction of sp³-hybridized carbons (Fsp3) is 0.273. The number of hydrogen-bond donors (Lipinski definition) is 4. The Balaban J connectivity index is 1.49. The highest BCUT2D eigenvalue weighted by molar-refractivity contribution is 7.11. The number of thiazole rings is 1. The molecule has 5 N–H and O–H groups in total. The lowest BCUT2D eigenvalue weighted by atomic mass is 10.1. The first-order valence-corrected chi connectivity index (χ1v) is 11.1. The molecule has 1 aromatic carbocycles. The second kappa shape index (κ2) is 9.57. The van der Waals surface area contributed by atoms with Crippen LogP contribution in [0.25, 0.3) is 22.2 Å². The molecule has 4 rings (SSSR count). The normalized spacial score (nSPS) is 12.1. The van der Waals surface area contributed by atoms with Crippen molar-refractivity contribution in [3.63, 3.8) is 0 Å². The van der Waals surface area contributed by atoms with Gasteiger partial charge in [-0.15, -0.1) is 11.3 Å². The van der Waals surface area contributed by atoms with Gasteiger partial charge in [-0.25, -0.2) is 4.98 Å². The average Bonchev–Trinajstić information content (AvgIpc) is 3.53.